The highest BCUT2D eigenvalue weighted by Crippen LogP contribution is 2.37. The molecular weight excluding hydrogens is 458 g/mol. The van der Waals surface area contributed by atoms with Gasteiger partial charge in [0.25, 0.3) is 5.69 Å². The fraction of sp³-hybridized carbons (Fsp3) is 0.148. The molecule has 1 aliphatic rings. The van der Waals surface area contributed by atoms with E-state index >= 15 is 0 Å². The van der Waals surface area contributed by atoms with Crippen molar-refractivity contribution in [2.24, 2.45) is 5.92 Å². The number of nitrogens with one attached hydrogen (secondary N) is 2. The molecule has 5 rings (SSSR count). The van der Waals surface area contributed by atoms with E-state index in [4.69, 9.17) is 5.10 Å². The number of amides is 2. The molecule has 1 aliphatic heterocycles. The predicted molar refractivity (Wildman–Crippen MR) is 136 cm³/mol. The van der Waals surface area contributed by atoms with E-state index in [2.05, 4.69) is 10.6 Å². The van der Waals surface area contributed by atoms with Gasteiger partial charge in [-0.15, -0.1) is 0 Å². The van der Waals surface area contributed by atoms with E-state index in [-0.39, 0.29) is 23.9 Å². The molecule has 0 fully saturated rings. The summed E-state index contributed by atoms with van der Waals surface area (Å²) < 4.78 is 1.73. The molecular formula is C27H23N5O4. The summed E-state index contributed by atoms with van der Waals surface area (Å²) in [5.41, 5.74) is 4.87. The Kier molecular flexibility index (Phi) is 6.03. The third-order valence-electron chi connectivity index (χ3n) is 6.17. The molecule has 0 radical (unpaired) electrons. The number of hydrogen-bond acceptors (Lipinski definition) is 5. The van der Waals surface area contributed by atoms with Gasteiger partial charge in [-0.25, -0.2) is 4.68 Å². The lowest BCUT2D eigenvalue weighted by molar-refractivity contribution is -0.384. The molecule has 1 unspecified atom stereocenters. The first-order valence-electron chi connectivity index (χ1n) is 11.5. The van der Waals surface area contributed by atoms with Gasteiger partial charge in [0.15, 0.2) is 0 Å². The molecule has 3 aromatic carbocycles. The number of aromatic nitrogens is 2. The van der Waals surface area contributed by atoms with Gasteiger partial charge < -0.3 is 10.6 Å². The van der Waals surface area contributed by atoms with E-state index in [1.165, 1.54) is 24.3 Å². The number of nitro benzene ring substituents is 1. The smallest absolute Gasteiger partial charge is 0.269 e. The Hall–Kier alpha value is -4.79. The van der Waals surface area contributed by atoms with Crippen LogP contribution in [0.15, 0.2) is 78.9 Å². The van der Waals surface area contributed by atoms with Crippen LogP contribution < -0.4 is 10.6 Å². The minimum absolute atomic E-state index is 0.0356. The molecule has 9 nitrogen and oxygen atoms in total. The second-order valence-electron chi connectivity index (χ2n) is 8.74. The Morgan fingerprint density at radius 1 is 1.08 bits per heavy atom. The van der Waals surface area contributed by atoms with Gasteiger partial charge in [-0.1, -0.05) is 48.0 Å². The molecule has 0 saturated carbocycles. The van der Waals surface area contributed by atoms with Crippen molar-refractivity contribution in [1.29, 1.82) is 0 Å². The van der Waals surface area contributed by atoms with Gasteiger partial charge in [-0.05, 0) is 37.6 Å². The number of benzene rings is 3. The molecule has 180 valence electrons. The summed E-state index contributed by atoms with van der Waals surface area (Å²) >= 11 is 0. The number of fused-ring (bicyclic) bond motifs is 1. The topological polar surface area (TPSA) is 119 Å². The van der Waals surface area contributed by atoms with Crippen molar-refractivity contribution in [2.75, 3.05) is 10.6 Å². The molecule has 2 amide bonds. The molecule has 4 aromatic rings. The van der Waals surface area contributed by atoms with Crippen LogP contribution in [0.25, 0.3) is 16.9 Å². The van der Waals surface area contributed by atoms with E-state index in [1.54, 1.807) is 4.68 Å². The van der Waals surface area contributed by atoms with Crippen molar-refractivity contribution in [3.8, 4) is 16.9 Å². The molecule has 36 heavy (non-hydrogen) atoms. The first-order chi connectivity index (χ1) is 17.4. The van der Waals surface area contributed by atoms with Gasteiger partial charge in [0, 0.05) is 35.4 Å². The highest BCUT2D eigenvalue weighted by Gasteiger charge is 2.34. The van der Waals surface area contributed by atoms with Crippen molar-refractivity contribution < 1.29 is 14.5 Å². The van der Waals surface area contributed by atoms with E-state index in [9.17, 15) is 19.7 Å². The predicted octanol–water partition coefficient (Wildman–Crippen LogP) is 4.90. The highest BCUT2D eigenvalue weighted by atomic mass is 16.6. The summed E-state index contributed by atoms with van der Waals surface area (Å²) in [4.78, 5) is 36.1. The second-order valence-corrected chi connectivity index (χ2v) is 8.74. The number of anilines is 2. The quantitative estimate of drug-likeness (QED) is 0.300. The number of hydrogen-bond donors (Lipinski definition) is 2. The summed E-state index contributed by atoms with van der Waals surface area (Å²) in [6.07, 6.45) is 0.316. The van der Waals surface area contributed by atoms with Crippen LogP contribution >= 0.6 is 0 Å². The summed E-state index contributed by atoms with van der Waals surface area (Å²) in [6, 6.07) is 23.2. The van der Waals surface area contributed by atoms with Gasteiger partial charge in [0.1, 0.15) is 5.82 Å². The molecule has 9 heteroatoms. The summed E-state index contributed by atoms with van der Waals surface area (Å²) in [5, 5.41) is 21.4. The van der Waals surface area contributed by atoms with Crippen molar-refractivity contribution >= 4 is 29.0 Å². The summed E-state index contributed by atoms with van der Waals surface area (Å²) in [6.45, 7) is 2.02. The van der Waals surface area contributed by atoms with Gasteiger partial charge in [-0.3, -0.25) is 19.7 Å². The molecule has 1 atom stereocenters. The van der Waals surface area contributed by atoms with Gasteiger partial charge >= 0.3 is 0 Å². The second kappa shape index (κ2) is 9.46. The molecule has 1 aromatic heterocycles. The van der Waals surface area contributed by atoms with Crippen molar-refractivity contribution in [2.45, 2.75) is 19.8 Å². The fourth-order valence-corrected chi connectivity index (χ4v) is 4.30. The molecule has 2 heterocycles. The SMILES string of the molecule is Cc1ccc(-c2nn(-c3ccccc3)c3c2CC(CC(=O)Nc2ccc([N+](=O)[O-])cc2)C(=O)N3)cc1. The lowest BCUT2D eigenvalue weighted by atomic mass is 9.90. The number of aryl methyl sites for hydroxylation is 1. The van der Waals surface area contributed by atoms with Crippen LogP contribution in [0.1, 0.15) is 17.5 Å². The molecule has 0 aliphatic carbocycles. The monoisotopic (exact) mass is 481 g/mol. The van der Waals surface area contributed by atoms with Crippen molar-refractivity contribution in [3.05, 3.63) is 100 Å². The third-order valence-corrected chi connectivity index (χ3v) is 6.17. The van der Waals surface area contributed by atoms with Crippen LogP contribution in [0, 0.1) is 23.0 Å². The average Bonchev–Trinajstić information content (AvgIpc) is 3.23. The zero-order chi connectivity index (χ0) is 25.2. The number of non-ortho nitro benzene ring substituents is 1. The molecule has 2 N–H and O–H groups in total. The Labute approximate surface area is 206 Å². The maximum Gasteiger partial charge on any atom is 0.269 e. The zero-order valence-corrected chi connectivity index (χ0v) is 19.5. The largest absolute Gasteiger partial charge is 0.326 e. The van der Waals surface area contributed by atoms with Gasteiger partial charge in [0.05, 0.1) is 22.2 Å². The van der Waals surface area contributed by atoms with Gasteiger partial charge in [0.2, 0.25) is 11.8 Å². The Morgan fingerprint density at radius 2 is 1.78 bits per heavy atom. The summed E-state index contributed by atoms with van der Waals surface area (Å²) in [5.74, 6) is -0.587. The Bertz CT molecular complexity index is 1440. The minimum atomic E-state index is -0.590. The molecule has 0 bridgehead atoms. The Morgan fingerprint density at radius 3 is 2.44 bits per heavy atom. The van der Waals surface area contributed by atoms with E-state index in [1.807, 2.05) is 61.5 Å². The molecule has 0 saturated heterocycles. The van der Waals surface area contributed by atoms with Crippen molar-refractivity contribution in [1.82, 2.24) is 9.78 Å². The van der Waals surface area contributed by atoms with Crippen molar-refractivity contribution in [3.63, 3.8) is 0 Å². The summed E-state index contributed by atoms with van der Waals surface area (Å²) in [7, 11) is 0. The lowest BCUT2D eigenvalue weighted by Gasteiger charge is -2.23. The zero-order valence-electron chi connectivity index (χ0n) is 19.5. The minimum Gasteiger partial charge on any atom is -0.326 e. The number of carbonyl (C=O) groups is 2. The maximum absolute atomic E-state index is 13.0. The van der Waals surface area contributed by atoms with Crippen LogP contribution in [-0.4, -0.2) is 26.5 Å². The molecule has 0 spiro atoms. The Balaban J connectivity index is 1.42. The van der Waals surface area contributed by atoms with Crippen LogP contribution in [0.4, 0.5) is 17.2 Å². The van der Waals surface area contributed by atoms with Crippen LogP contribution in [0.2, 0.25) is 0 Å². The lowest BCUT2D eigenvalue weighted by Crippen LogP contribution is -2.33. The average molecular weight is 482 g/mol. The van der Waals surface area contributed by atoms with Gasteiger partial charge in [-0.2, -0.15) is 5.10 Å². The number of nitro groups is 1. The van der Waals surface area contributed by atoms with Crippen LogP contribution in [0.3, 0.4) is 0 Å². The number of rotatable bonds is 6. The normalized spacial score (nSPS) is 14.6. The van der Waals surface area contributed by atoms with E-state index in [0.29, 0.717) is 17.9 Å². The van der Waals surface area contributed by atoms with E-state index in [0.717, 1.165) is 28.1 Å². The fourth-order valence-electron chi connectivity index (χ4n) is 4.30. The van der Waals surface area contributed by atoms with Crippen LogP contribution in [-0.2, 0) is 16.0 Å². The standard InChI is InChI=1S/C27H23N5O4/c1-17-7-9-18(10-8-17)25-23-15-19(16-24(33)28-20-11-13-22(14-12-20)32(35)36)27(34)29-26(23)31(30-25)21-5-3-2-4-6-21/h2-14,19H,15-16H2,1H3,(H,28,33)(H,29,34). The number of nitrogens with zero attached hydrogens (tertiary/aromatic N) is 3. The first kappa shape index (κ1) is 23.0. The number of para-hydroxylation sites is 1. The maximum atomic E-state index is 13.0. The number of carbonyl (C=O) groups excluding carboxylic acids is 2. The van der Waals surface area contributed by atoms with E-state index < -0.39 is 10.8 Å². The highest BCUT2D eigenvalue weighted by molar-refractivity contribution is 6.01. The first-order valence-corrected chi connectivity index (χ1v) is 11.5. The third kappa shape index (κ3) is 4.58. The van der Waals surface area contributed by atoms with Crippen LogP contribution in [0.5, 0.6) is 0 Å².